The van der Waals surface area contributed by atoms with Crippen molar-refractivity contribution in [2.24, 2.45) is 0 Å². The molecule has 1 unspecified atom stereocenters. The zero-order chi connectivity index (χ0) is 17.6. The van der Waals surface area contributed by atoms with Gasteiger partial charge < -0.3 is 0 Å². The first kappa shape index (κ1) is 22.5. The van der Waals surface area contributed by atoms with Crippen LogP contribution in [0.25, 0.3) is 0 Å². The van der Waals surface area contributed by atoms with E-state index in [9.17, 15) is 0 Å². The summed E-state index contributed by atoms with van der Waals surface area (Å²) in [6.07, 6.45) is 0.968. The van der Waals surface area contributed by atoms with Crippen LogP contribution < -0.4 is 15.9 Å². The number of rotatable bonds is 5. The summed E-state index contributed by atoms with van der Waals surface area (Å²) in [5, 5.41) is 4.24. The Morgan fingerprint density at radius 3 is 1.46 bits per heavy atom. The van der Waals surface area contributed by atoms with Crippen LogP contribution in [-0.4, -0.2) is 0 Å². The van der Waals surface area contributed by atoms with Crippen molar-refractivity contribution in [1.82, 2.24) is 0 Å². The van der Waals surface area contributed by atoms with Gasteiger partial charge in [0.2, 0.25) is 0 Å². The van der Waals surface area contributed by atoms with E-state index < -0.39 is 7.92 Å². The molecule has 4 aromatic carbocycles. The van der Waals surface area contributed by atoms with Crippen molar-refractivity contribution in [3.05, 3.63) is 126 Å². The summed E-state index contributed by atoms with van der Waals surface area (Å²) in [7, 11) is -0.563. The summed E-state index contributed by atoms with van der Waals surface area (Å²) >= 11 is 0. The van der Waals surface area contributed by atoms with Gasteiger partial charge in [0.25, 0.3) is 0 Å². The van der Waals surface area contributed by atoms with Crippen molar-refractivity contribution < 1.29 is 0 Å². The molecule has 0 heterocycles. The van der Waals surface area contributed by atoms with Crippen molar-refractivity contribution in [2.75, 3.05) is 0 Å². The quantitative estimate of drug-likeness (QED) is 0.332. The SMILES string of the molecule is Br.P.c1ccc(Cc2ccccc2P(c2ccccc2)c2ccccc2)cc1. The van der Waals surface area contributed by atoms with Crippen LogP contribution in [0.5, 0.6) is 0 Å². The Bertz CT molecular complexity index is 918. The van der Waals surface area contributed by atoms with Gasteiger partial charge in [0.15, 0.2) is 0 Å². The lowest BCUT2D eigenvalue weighted by molar-refractivity contribution is 1.21. The van der Waals surface area contributed by atoms with E-state index in [1.54, 1.807) is 0 Å². The highest BCUT2D eigenvalue weighted by atomic mass is 79.9. The molecule has 28 heavy (non-hydrogen) atoms. The molecule has 0 saturated carbocycles. The highest BCUT2D eigenvalue weighted by Gasteiger charge is 2.19. The molecule has 142 valence electrons. The van der Waals surface area contributed by atoms with E-state index in [2.05, 4.69) is 115 Å². The highest BCUT2D eigenvalue weighted by Crippen LogP contribution is 2.34. The fourth-order valence-electron chi connectivity index (χ4n) is 3.28. The van der Waals surface area contributed by atoms with Gasteiger partial charge in [-0.3, -0.25) is 0 Å². The molecule has 0 radical (unpaired) electrons. The number of hydrogen-bond donors (Lipinski definition) is 0. The average molecular weight is 467 g/mol. The minimum absolute atomic E-state index is 0. The second-order valence-corrected chi connectivity index (χ2v) is 8.48. The third-order valence-electron chi connectivity index (χ3n) is 4.50. The van der Waals surface area contributed by atoms with Gasteiger partial charge in [0, 0.05) is 0 Å². The maximum atomic E-state index is 2.31. The van der Waals surface area contributed by atoms with Crippen LogP contribution in [0.3, 0.4) is 0 Å². The maximum absolute atomic E-state index is 2.31. The van der Waals surface area contributed by atoms with Gasteiger partial charge in [-0.1, -0.05) is 115 Å². The van der Waals surface area contributed by atoms with E-state index in [0.29, 0.717) is 0 Å². The summed E-state index contributed by atoms with van der Waals surface area (Å²) in [4.78, 5) is 0. The van der Waals surface area contributed by atoms with Gasteiger partial charge in [0.05, 0.1) is 0 Å². The minimum Gasteiger partial charge on any atom is -0.153 e. The second-order valence-electron chi connectivity index (χ2n) is 6.30. The van der Waals surface area contributed by atoms with E-state index in [1.807, 2.05) is 0 Å². The molecule has 0 aliphatic heterocycles. The first-order valence-electron chi connectivity index (χ1n) is 8.94. The Labute approximate surface area is 183 Å². The predicted octanol–water partition coefficient (Wildman–Crippen LogP) is 5.67. The van der Waals surface area contributed by atoms with Crippen molar-refractivity contribution >= 4 is 50.7 Å². The molecule has 3 heteroatoms. The largest absolute Gasteiger partial charge is 0.153 e. The Hall–Kier alpha value is -1.78. The van der Waals surface area contributed by atoms with Crippen LogP contribution in [0, 0.1) is 0 Å². The summed E-state index contributed by atoms with van der Waals surface area (Å²) in [6.45, 7) is 0. The van der Waals surface area contributed by atoms with Crippen LogP contribution in [0.2, 0.25) is 0 Å². The molecule has 0 aromatic heterocycles. The van der Waals surface area contributed by atoms with Crippen molar-refractivity contribution in [3.8, 4) is 0 Å². The van der Waals surface area contributed by atoms with Crippen molar-refractivity contribution in [1.29, 1.82) is 0 Å². The first-order valence-corrected chi connectivity index (χ1v) is 10.3. The molecule has 4 rings (SSSR count). The summed E-state index contributed by atoms with van der Waals surface area (Å²) in [5.41, 5.74) is 2.77. The lowest BCUT2D eigenvalue weighted by Gasteiger charge is -2.22. The fourth-order valence-corrected chi connectivity index (χ4v) is 5.75. The smallest absolute Gasteiger partial charge is 0.00192 e. The van der Waals surface area contributed by atoms with E-state index >= 15 is 0 Å². The van der Waals surface area contributed by atoms with Crippen LogP contribution in [0.4, 0.5) is 0 Å². The molecular formula is C25H25BrP2. The molecule has 0 aliphatic carbocycles. The topological polar surface area (TPSA) is 0 Å². The number of hydrogen-bond acceptors (Lipinski definition) is 0. The van der Waals surface area contributed by atoms with Crippen molar-refractivity contribution in [2.45, 2.75) is 6.42 Å². The Balaban J connectivity index is 0.00000140. The predicted molar refractivity (Wildman–Crippen MR) is 136 cm³/mol. The molecule has 0 saturated heterocycles. The van der Waals surface area contributed by atoms with Gasteiger partial charge in [-0.15, -0.1) is 17.0 Å². The zero-order valence-electron chi connectivity index (χ0n) is 15.7. The molecule has 4 aromatic rings. The van der Waals surface area contributed by atoms with Gasteiger partial charge in [-0.25, -0.2) is 0 Å². The second kappa shape index (κ2) is 11.3. The number of halogens is 1. The van der Waals surface area contributed by atoms with E-state index in [4.69, 9.17) is 0 Å². The minimum atomic E-state index is -0.563. The lowest BCUT2D eigenvalue weighted by Crippen LogP contribution is -2.23. The molecule has 0 amide bonds. The standard InChI is InChI=1S/C25H21P.BrH.H3P/c1-4-12-21(13-5-1)20-22-14-10-11-19-25(22)26(23-15-6-2-7-16-23)24-17-8-3-9-18-24;;/h1-19H,20H2;1H;1H3. The number of benzene rings is 4. The Morgan fingerprint density at radius 2 is 0.929 bits per heavy atom. The first-order chi connectivity index (χ1) is 12.9. The summed E-state index contributed by atoms with van der Waals surface area (Å²) in [5.74, 6) is 0. The van der Waals surface area contributed by atoms with Crippen LogP contribution in [0.1, 0.15) is 11.1 Å². The molecule has 0 fully saturated rings. The highest BCUT2D eigenvalue weighted by molar-refractivity contribution is 8.93. The van der Waals surface area contributed by atoms with E-state index in [-0.39, 0.29) is 26.9 Å². The van der Waals surface area contributed by atoms with Crippen LogP contribution in [0.15, 0.2) is 115 Å². The fraction of sp³-hybridized carbons (Fsp3) is 0.0400. The molecule has 0 bridgehead atoms. The van der Waals surface area contributed by atoms with Gasteiger partial charge in [0.1, 0.15) is 0 Å². The van der Waals surface area contributed by atoms with Gasteiger partial charge in [-0.05, 0) is 41.4 Å². The summed E-state index contributed by atoms with van der Waals surface area (Å²) in [6, 6.07) is 41.5. The van der Waals surface area contributed by atoms with Crippen LogP contribution >= 0.6 is 34.8 Å². The summed E-state index contributed by atoms with van der Waals surface area (Å²) < 4.78 is 0. The Morgan fingerprint density at radius 1 is 0.500 bits per heavy atom. The average Bonchev–Trinajstić information content (AvgIpc) is 2.72. The molecule has 0 spiro atoms. The molecule has 0 aliphatic rings. The van der Waals surface area contributed by atoms with E-state index in [0.717, 1.165) is 6.42 Å². The third kappa shape index (κ3) is 5.39. The lowest BCUT2D eigenvalue weighted by atomic mass is 10.1. The monoisotopic (exact) mass is 466 g/mol. The zero-order valence-corrected chi connectivity index (χ0v) is 19.8. The van der Waals surface area contributed by atoms with Crippen LogP contribution in [-0.2, 0) is 6.42 Å². The van der Waals surface area contributed by atoms with Crippen molar-refractivity contribution in [3.63, 3.8) is 0 Å². The van der Waals surface area contributed by atoms with Gasteiger partial charge in [-0.2, -0.15) is 9.90 Å². The Kier molecular flexibility index (Phi) is 9.07. The molecule has 1 atom stereocenters. The van der Waals surface area contributed by atoms with E-state index in [1.165, 1.54) is 27.0 Å². The third-order valence-corrected chi connectivity index (χ3v) is 7.05. The normalized spacial score (nSPS) is 10.0. The molecule has 0 nitrogen and oxygen atoms in total. The molecular weight excluding hydrogens is 442 g/mol. The molecule has 0 N–H and O–H groups in total. The van der Waals surface area contributed by atoms with Gasteiger partial charge >= 0.3 is 0 Å². The maximum Gasteiger partial charge on any atom is -0.00192 e.